The third kappa shape index (κ3) is 5.21. The van der Waals surface area contributed by atoms with Crippen LogP contribution in [0.4, 0.5) is 11.4 Å². The van der Waals surface area contributed by atoms with Crippen molar-refractivity contribution in [1.29, 1.82) is 0 Å². The third-order valence-electron chi connectivity index (χ3n) is 4.74. The fourth-order valence-electron chi connectivity index (χ4n) is 3.41. The van der Waals surface area contributed by atoms with Crippen molar-refractivity contribution in [2.45, 2.75) is 27.2 Å². The van der Waals surface area contributed by atoms with E-state index in [0.717, 1.165) is 0 Å². The molecule has 2 aromatic rings. The molecule has 0 atom stereocenters. The van der Waals surface area contributed by atoms with Gasteiger partial charge in [0.2, 0.25) is 15.8 Å². The van der Waals surface area contributed by atoms with Crippen LogP contribution in [0.15, 0.2) is 30.3 Å². The molecule has 1 N–H and O–H groups in total. The molecular weight excluding hydrogens is 456 g/mol. The molecule has 1 aliphatic rings. The van der Waals surface area contributed by atoms with Crippen LogP contribution in [0, 0.1) is 0 Å². The molecule has 1 heterocycles. The first kappa shape index (κ1) is 24.0. The van der Waals surface area contributed by atoms with Crippen molar-refractivity contribution < 1.29 is 27.4 Å². The highest BCUT2D eigenvalue weighted by Gasteiger charge is 2.30. The number of hydrogen-bond acceptors (Lipinski definition) is 6. The first-order chi connectivity index (χ1) is 15.3. The van der Waals surface area contributed by atoms with Gasteiger partial charge in [-0.1, -0.05) is 11.6 Å². The van der Waals surface area contributed by atoms with Crippen molar-refractivity contribution in [2.75, 3.05) is 41.7 Å². The molecule has 0 unspecified atom stereocenters. The number of nitrogens with zero attached hydrogens (tertiary/aromatic N) is 1. The summed E-state index contributed by atoms with van der Waals surface area (Å²) in [7, 11) is -3.40. The predicted octanol–water partition coefficient (Wildman–Crippen LogP) is 4.33. The lowest BCUT2D eigenvalue weighted by molar-refractivity contribution is 0.102. The summed E-state index contributed by atoms with van der Waals surface area (Å²) < 4.78 is 42.9. The lowest BCUT2D eigenvalue weighted by Crippen LogP contribution is -2.25. The van der Waals surface area contributed by atoms with E-state index in [0.29, 0.717) is 72.0 Å². The number of carbonyl (C=O) groups is 1. The van der Waals surface area contributed by atoms with E-state index in [4.69, 9.17) is 25.8 Å². The van der Waals surface area contributed by atoms with Gasteiger partial charge < -0.3 is 19.5 Å². The molecule has 8 nitrogen and oxygen atoms in total. The molecule has 0 radical (unpaired) electrons. The third-order valence-corrected chi connectivity index (χ3v) is 6.92. The zero-order valence-electron chi connectivity index (χ0n) is 18.3. The molecule has 0 aromatic heterocycles. The first-order valence-electron chi connectivity index (χ1n) is 10.5. The topological polar surface area (TPSA) is 94.2 Å². The van der Waals surface area contributed by atoms with Gasteiger partial charge >= 0.3 is 0 Å². The zero-order chi connectivity index (χ0) is 23.3. The van der Waals surface area contributed by atoms with Crippen LogP contribution in [0.1, 0.15) is 37.6 Å². The summed E-state index contributed by atoms with van der Waals surface area (Å²) in [6.07, 6.45) is 0.530. The Bertz CT molecular complexity index is 1060. The molecule has 0 bridgehead atoms. The fourth-order valence-corrected chi connectivity index (χ4v) is 5.26. The van der Waals surface area contributed by atoms with Crippen LogP contribution in [0.2, 0.25) is 5.02 Å². The van der Waals surface area contributed by atoms with Crippen LogP contribution < -0.4 is 23.8 Å². The predicted molar refractivity (Wildman–Crippen MR) is 125 cm³/mol. The number of rotatable bonds is 9. The standard InChI is InChI=1S/C22H27ClN2O6S/c1-4-29-19-12-15(13-20(30-5-2)21(19)31-6-3)22(26)24-16-8-9-17(23)18(14-16)25-10-7-11-32(25,27)28/h8-9,12-14H,4-7,10-11H2,1-3H3,(H,24,26). The largest absolute Gasteiger partial charge is 0.490 e. The summed E-state index contributed by atoms with van der Waals surface area (Å²) in [6, 6.07) is 7.93. The normalized spacial score (nSPS) is 14.8. The Morgan fingerprint density at radius 3 is 2.19 bits per heavy atom. The van der Waals surface area contributed by atoms with Crippen molar-refractivity contribution in [3.8, 4) is 17.2 Å². The number of ether oxygens (including phenoxy) is 3. The number of benzene rings is 2. The smallest absolute Gasteiger partial charge is 0.255 e. The Morgan fingerprint density at radius 2 is 1.66 bits per heavy atom. The van der Waals surface area contributed by atoms with E-state index in [1.807, 2.05) is 20.8 Å². The van der Waals surface area contributed by atoms with Crippen molar-refractivity contribution >= 4 is 38.9 Å². The van der Waals surface area contributed by atoms with Gasteiger partial charge in [-0.15, -0.1) is 0 Å². The van der Waals surface area contributed by atoms with Gasteiger partial charge in [0, 0.05) is 17.8 Å². The van der Waals surface area contributed by atoms with E-state index in [-0.39, 0.29) is 5.75 Å². The minimum Gasteiger partial charge on any atom is -0.490 e. The quantitative estimate of drug-likeness (QED) is 0.571. The minimum atomic E-state index is -3.40. The van der Waals surface area contributed by atoms with E-state index in [2.05, 4.69) is 5.32 Å². The second kappa shape index (κ2) is 10.3. The highest BCUT2D eigenvalue weighted by Crippen LogP contribution is 2.39. The maximum absolute atomic E-state index is 13.0. The van der Waals surface area contributed by atoms with Crippen LogP contribution in [-0.4, -0.2) is 46.4 Å². The van der Waals surface area contributed by atoms with E-state index in [1.54, 1.807) is 30.3 Å². The highest BCUT2D eigenvalue weighted by atomic mass is 35.5. The minimum absolute atomic E-state index is 0.0759. The lowest BCUT2D eigenvalue weighted by atomic mass is 10.1. The van der Waals surface area contributed by atoms with Gasteiger partial charge in [-0.25, -0.2) is 8.42 Å². The summed E-state index contributed by atoms with van der Waals surface area (Å²) in [5.74, 6) is 0.927. The number of anilines is 2. The Kier molecular flexibility index (Phi) is 7.73. The number of nitrogens with one attached hydrogen (secondary N) is 1. The summed E-state index contributed by atoms with van der Waals surface area (Å²) in [6.45, 7) is 7.08. The molecule has 0 aliphatic carbocycles. The number of sulfonamides is 1. The van der Waals surface area contributed by atoms with Crippen LogP contribution in [0.3, 0.4) is 0 Å². The number of amides is 1. The summed E-state index contributed by atoms with van der Waals surface area (Å²) >= 11 is 6.25. The molecule has 1 fully saturated rings. The lowest BCUT2D eigenvalue weighted by Gasteiger charge is -2.20. The molecule has 3 rings (SSSR count). The van der Waals surface area contributed by atoms with Crippen molar-refractivity contribution in [1.82, 2.24) is 0 Å². The maximum atomic E-state index is 13.0. The van der Waals surface area contributed by atoms with Crippen LogP contribution in [0.25, 0.3) is 0 Å². The molecule has 1 aliphatic heterocycles. The highest BCUT2D eigenvalue weighted by molar-refractivity contribution is 7.93. The van der Waals surface area contributed by atoms with Crippen LogP contribution in [-0.2, 0) is 10.0 Å². The molecule has 0 spiro atoms. The second-order valence-electron chi connectivity index (χ2n) is 6.96. The molecule has 0 saturated carbocycles. The van der Waals surface area contributed by atoms with Crippen LogP contribution in [0.5, 0.6) is 17.2 Å². The maximum Gasteiger partial charge on any atom is 0.255 e. The van der Waals surface area contributed by atoms with Crippen LogP contribution >= 0.6 is 11.6 Å². The monoisotopic (exact) mass is 482 g/mol. The van der Waals surface area contributed by atoms with Crippen molar-refractivity contribution in [3.63, 3.8) is 0 Å². The molecule has 1 amide bonds. The van der Waals surface area contributed by atoms with Gasteiger partial charge in [0.1, 0.15) is 0 Å². The Labute approximate surface area is 193 Å². The van der Waals surface area contributed by atoms with Crippen molar-refractivity contribution in [2.24, 2.45) is 0 Å². The summed E-state index contributed by atoms with van der Waals surface area (Å²) in [5, 5.41) is 3.09. The molecule has 1 saturated heterocycles. The average molecular weight is 483 g/mol. The van der Waals surface area contributed by atoms with E-state index in [9.17, 15) is 13.2 Å². The van der Waals surface area contributed by atoms with Gasteiger partial charge in [0.05, 0.1) is 36.3 Å². The first-order valence-corrected chi connectivity index (χ1v) is 12.5. The molecule has 174 valence electrons. The average Bonchev–Trinajstić information content (AvgIpc) is 3.10. The van der Waals surface area contributed by atoms with Gasteiger partial charge in [0.15, 0.2) is 11.5 Å². The Hall–Kier alpha value is -2.65. The van der Waals surface area contributed by atoms with Gasteiger partial charge in [-0.05, 0) is 57.5 Å². The molecule has 10 heteroatoms. The summed E-state index contributed by atoms with van der Waals surface area (Å²) in [4.78, 5) is 13.0. The molecule has 32 heavy (non-hydrogen) atoms. The van der Waals surface area contributed by atoms with Gasteiger partial charge in [-0.2, -0.15) is 0 Å². The fraction of sp³-hybridized carbons (Fsp3) is 0.409. The molecule has 2 aromatic carbocycles. The zero-order valence-corrected chi connectivity index (χ0v) is 19.9. The van der Waals surface area contributed by atoms with Crippen molar-refractivity contribution in [3.05, 3.63) is 40.9 Å². The Balaban J connectivity index is 1.92. The number of hydrogen-bond donors (Lipinski definition) is 1. The number of carbonyl (C=O) groups excluding carboxylic acids is 1. The summed E-state index contributed by atoms with van der Waals surface area (Å²) in [5.41, 5.74) is 1.07. The number of halogens is 1. The SMILES string of the molecule is CCOc1cc(C(=O)Nc2ccc(Cl)c(N3CCCS3(=O)=O)c2)cc(OCC)c1OCC. The van der Waals surface area contributed by atoms with E-state index < -0.39 is 15.9 Å². The van der Waals surface area contributed by atoms with Gasteiger partial charge in [-0.3, -0.25) is 9.10 Å². The van der Waals surface area contributed by atoms with E-state index >= 15 is 0 Å². The molecular formula is C22H27ClN2O6S. The Morgan fingerprint density at radius 1 is 1.03 bits per heavy atom. The van der Waals surface area contributed by atoms with Gasteiger partial charge in [0.25, 0.3) is 5.91 Å². The second-order valence-corrected chi connectivity index (χ2v) is 9.38. The van der Waals surface area contributed by atoms with E-state index in [1.165, 1.54) is 4.31 Å².